The molecule has 0 heterocycles. The molecule has 1 aromatic carbocycles. The van der Waals surface area contributed by atoms with Crippen LogP contribution in [0.5, 0.6) is 0 Å². The Bertz CT molecular complexity index is 210. The Labute approximate surface area is 72.0 Å². The van der Waals surface area contributed by atoms with E-state index in [4.69, 9.17) is 5.73 Å². The number of nitrogens with two attached hydrogens (primary N) is 1. The molecule has 0 aliphatic rings. The van der Waals surface area contributed by atoms with Crippen LogP contribution in [0.2, 0.25) is 0 Å². The average molecular weight is 227 g/mol. The zero-order valence-corrected chi connectivity index (χ0v) is 7.17. The van der Waals surface area contributed by atoms with Crippen molar-refractivity contribution in [2.24, 2.45) is 5.73 Å². The molecule has 0 saturated carbocycles. The van der Waals surface area contributed by atoms with E-state index < -0.39 is 0 Å². The third-order valence-corrected chi connectivity index (χ3v) is 1.79. The molecular weight excluding hydrogens is 217 g/mol. The monoisotopic (exact) mass is 226 g/mol. The van der Waals surface area contributed by atoms with Crippen LogP contribution in [0, 0.1) is 0 Å². The summed E-state index contributed by atoms with van der Waals surface area (Å²) in [4.78, 5) is 0. The van der Waals surface area contributed by atoms with E-state index in [1.807, 2.05) is 12.1 Å². The van der Waals surface area contributed by atoms with Gasteiger partial charge >= 0.3 is 71.8 Å². The topological polar surface area (TPSA) is 26.0 Å². The van der Waals surface area contributed by atoms with Gasteiger partial charge in [0, 0.05) is 0 Å². The van der Waals surface area contributed by atoms with Crippen molar-refractivity contribution in [1.29, 1.82) is 0 Å². The van der Waals surface area contributed by atoms with Crippen LogP contribution in [-0.4, -0.2) is 6.54 Å². The quantitative estimate of drug-likeness (QED) is 0.724. The number of rotatable bonds is 2. The van der Waals surface area contributed by atoms with E-state index in [-0.39, 0.29) is 0 Å². The zero-order chi connectivity index (χ0) is 7.40. The summed E-state index contributed by atoms with van der Waals surface area (Å²) in [6.45, 7) is 0.723. The summed E-state index contributed by atoms with van der Waals surface area (Å²) in [5.41, 5.74) is 6.70. The summed E-state index contributed by atoms with van der Waals surface area (Å²) >= 11 is 3.13. The molecule has 1 aromatic rings. The number of hydrogen-bond acceptors (Lipinski definition) is 1. The van der Waals surface area contributed by atoms with Gasteiger partial charge in [0.2, 0.25) is 0 Å². The van der Waals surface area contributed by atoms with E-state index in [9.17, 15) is 0 Å². The first-order chi connectivity index (χ1) is 4.83. The summed E-state index contributed by atoms with van der Waals surface area (Å²) in [7, 11) is 0. The molecule has 0 spiro atoms. The number of hydrogen-bond donors (Lipinski definition) is 1. The van der Waals surface area contributed by atoms with Crippen molar-refractivity contribution in [3.05, 3.63) is 29.8 Å². The molecule has 10 heavy (non-hydrogen) atoms. The SMILES string of the molecule is NCCc1ccc[c]([Pd])c1. The molecule has 0 fully saturated rings. The van der Waals surface area contributed by atoms with Gasteiger partial charge in [-0.15, -0.1) is 0 Å². The van der Waals surface area contributed by atoms with Gasteiger partial charge in [-0.3, -0.25) is 0 Å². The molecule has 0 aromatic heterocycles. The molecule has 0 aliphatic heterocycles. The summed E-state index contributed by atoms with van der Waals surface area (Å²) in [5, 5.41) is 0. The van der Waals surface area contributed by atoms with E-state index in [1.165, 1.54) is 5.56 Å². The van der Waals surface area contributed by atoms with Crippen molar-refractivity contribution in [2.45, 2.75) is 6.42 Å². The van der Waals surface area contributed by atoms with Crippen molar-refractivity contribution in [1.82, 2.24) is 0 Å². The molecule has 0 saturated heterocycles. The normalized spacial score (nSPS) is 9.90. The van der Waals surface area contributed by atoms with Gasteiger partial charge in [-0.2, -0.15) is 0 Å². The van der Waals surface area contributed by atoms with Gasteiger partial charge in [-0.25, -0.2) is 0 Å². The minimum absolute atomic E-state index is 0.723. The van der Waals surface area contributed by atoms with Gasteiger partial charge < -0.3 is 0 Å². The Morgan fingerprint density at radius 1 is 1.40 bits per heavy atom. The van der Waals surface area contributed by atoms with Gasteiger partial charge in [0.1, 0.15) is 0 Å². The second-order valence-corrected chi connectivity index (χ2v) is 3.03. The molecule has 0 atom stereocenters. The van der Waals surface area contributed by atoms with E-state index in [2.05, 4.69) is 31.3 Å². The van der Waals surface area contributed by atoms with Crippen LogP contribution in [0.1, 0.15) is 5.56 Å². The molecule has 0 unspecified atom stereocenters. The molecule has 57 valence electrons. The molecule has 0 amide bonds. The first kappa shape index (κ1) is 7.94. The molecule has 2 N–H and O–H groups in total. The van der Waals surface area contributed by atoms with Gasteiger partial charge in [0.25, 0.3) is 0 Å². The summed E-state index contributed by atoms with van der Waals surface area (Å²) in [6, 6.07) is 8.26. The molecular formula is C8H10NPd. The molecule has 1 rings (SSSR count). The first-order valence-corrected chi connectivity index (χ1v) is 4.02. The van der Waals surface area contributed by atoms with E-state index in [0.717, 1.165) is 17.0 Å². The van der Waals surface area contributed by atoms with Crippen LogP contribution in [0.3, 0.4) is 0 Å². The third kappa shape index (κ3) is 2.23. The minimum atomic E-state index is 0.723. The number of benzene rings is 1. The second-order valence-electron chi connectivity index (χ2n) is 2.13. The first-order valence-electron chi connectivity index (χ1n) is 3.24. The molecule has 0 bridgehead atoms. The Kier molecular flexibility index (Phi) is 3.08. The Balaban J connectivity index is 2.75. The van der Waals surface area contributed by atoms with Gasteiger partial charge in [0.15, 0.2) is 0 Å². The van der Waals surface area contributed by atoms with E-state index in [1.54, 1.807) is 0 Å². The standard InChI is InChI=1S/C8H10N.Pd/c9-7-6-8-4-2-1-3-5-8;/h1-2,4-5H,6-7,9H2;. The third-order valence-electron chi connectivity index (χ3n) is 1.30. The van der Waals surface area contributed by atoms with Crippen molar-refractivity contribution in [3.8, 4) is 0 Å². The Hall–Kier alpha value is -0.158. The summed E-state index contributed by atoms with van der Waals surface area (Å²) in [5.74, 6) is 0. The van der Waals surface area contributed by atoms with Crippen LogP contribution in [-0.2, 0) is 25.6 Å². The van der Waals surface area contributed by atoms with Crippen molar-refractivity contribution >= 4 is 4.04 Å². The van der Waals surface area contributed by atoms with Gasteiger partial charge in [-0.05, 0) is 0 Å². The van der Waals surface area contributed by atoms with Crippen LogP contribution in [0.4, 0.5) is 0 Å². The van der Waals surface area contributed by atoms with Crippen molar-refractivity contribution in [2.75, 3.05) is 6.54 Å². The molecule has 1 nitrogen and oxygen atoms in total. The molecule has 0 radical (unpaired) electrons. The maximum atomic E-state index is 5.40. The van der Waals surface area contributed by atoms with Crippen LogP contribution in [0.15, 0.2) is 24.3 Å². The van der Waals surface area contributed by atoms with Crippen LogP contribution < -0.4 is 9.77 Å². The van der Waals surface area contributed by atoms with E-state index >= 15 is 0 Å². The maximum absolute atomic E-state index is 5.40. The predicted octanol–water partition coefficient (Wildman–Crippen LogP) is 0.360. The van der Waals surface area contributed by atoms with Crippen LogP contribution >= 0.6 is 0 Å². The van der Waals surface area contributed by atoms with Crippen molar-refractivity contribution < 1.29 is 19.2 Å². The molecule has 2 heteroatoms. The predicted molar refractivity (Wildman–Crippen MR) is 38.8 cm³/mol. The van der Waals surface area contributed by atoms with Gasteiger partial charge in [0.05, 0.1) is 0 Å². The van der Waals surface area contributed by atoms with Gasteiger partial charge in [-0.1, -0.05) is 0 Å². The summed E-state index contributed by atoms with van der Waals surface area (Å²) in [6.07, 6.45) is 0.964. The molecule has 0 aliphatic carbocycles. The Morgan fingerprint density at radius 2 is 2.20 bits per heavy atom. The Morgan fingerprint density at radius 3 is 2.80 bits per heavy atom. The zero-order valence-electron chi connectivity index (χ0n) is 5.62. The average Bonchev–Trinajstić information content (AvgIpc) is 1.88. The second kappa shape index (κ2) is 3.88. The van der Waals surface area contributed by atoms with Crippen molar-refractivity contribution in [3.63, 3.8) is 0 Å². The van der Waals surface area contributed by atoms with E-state index in [0.29, 0.717) is 0 Å². The fourth-order valence-electron chi connectivity index (χ4n) is 0.842. The fourth-order valence-corrected chi connectivity index (χ4v) is 1.28. The fraction of sp³-hybridized carbons (Fsp3) is 0.250. The summed E-state index contributed by atoms with van der Waals surface area (Å²) < 4.78 is 1.16. The van der Waals surface area contributed by atoms with Crippen LogP contribution in [0.25, 0.3) is 0 Å².